The Morgan fingerprint density at radius 1 is 1.39 bits per heavy atom. The predicted molar refractivity (Wildman–Crippen MR) is 82.4 cm³/mol. The fraction of sp³-hybridized carbons (Fsp3) is 0.462. The molecule has 0 unspecified atom stereocenters. The zero-order valence-electron chi connectivity index (χ0n) is 12.4. The third-order valence-electron chi connectivity index (χ3n) is 3.34. The average Bonchev–Trinajstić information content (AvgIpc) is 2.60. The van der Waals surface area contributed by atoms with Gasteiger partial charge in [-0.15, -0.1) is 11.6 Å². The number of aromatic hydroxyl groups is 2. The molecule has 0 saturated carbocycles. The Labute approximate surface area is 137 Å². The number of amides is 1. The molecule has 3 N–H and O–H groups in total. The molecule has 1 aromatic rings. The number of phenols is 2. The molecule has 7 nitrogen and oxygen atoms in total. The molecule has 10 heteroatoms. The number of rotatable bonds is 4. The van der Waals surface area contributed by atoms with E-state index in [-0.39, 0.29) is 12.0 Å². The normalized spacial score (nSPS) is 17.4. The van der Waals surface area contributed by atoms with Crippen molar-refractivity contribution in [3.63, 3.8) is 0 Å². The van der Waals surface area contributed by atoms with Crippen LogP contribution in [0.1, 0.15) is 25.8 Å². The van der Waals surface area contributed by atoms with Crippen LogP contribution in [0, 0.1) is 5.82 Å². The van der Waals surface area contributed by atoms with Gasteiger partial charge in [0.05, 0.1) is 0 Å². The van der Waals surface area contributed by atoms with Gasteiger partial charge in [0, 0.05) is 16.5 Å². The molecule has 23 heavy (non-hydrogen) atoms. The van der Waals surface area contributed by atoms with E-state index in [4.69, 9.17) is 11.6 Å². The van der Waals surface area contributed by atoms with Gasteiger partial charge in [-0.2, -0.15) is 8.42 Å². The highest BCUT2D eigenvalue weighted by Crippen LogP contribution is 2.40. The van der Waals surface area contributed by atoms with Crippen LogP contribution in [0.3, 0.4) is 0 Å². The van der Waals surface area contributed by atoms with Gasteiger partial charge in [-0.3, -0.25) is 4.79 Å². The zero-order valence-corrected chi connectivity index (χ0v) is 14.0. The lowest BCUT2D eigenvalue weighted by atomic mass is 10.00. The smallest absolute Gasteiger partial charge is 0.326 e. The van der Waals surface area contributed by atoms with Crippen molar-refractivity contribution in [1.82, 2.24) is 4.72 Å². The third kappa shape index (κ3) is 3.61. The van der Waals surface area contributed by atoms with Gasteiger partial charge in [0.2, 0.25) is 0 Å². The highest BCUT2D eigenvalue weighted by Gasteiger charge is 2.38. The number of hydrogen-bond donors (Lipinski definition) is 3. The van der Waals surface area contributed by atoms with E-state index in [1.807, 2.05) is 0 Å². The Balaban J connectivity index is 2.51. The van der Waals surface area contributed by atoms with Crippen LogP contribution in [0.15, 0.2) is 6.07 Å². The molecule has 0 radical (unpaired) electrons. The van der Waals surface area contributed by atoms with Gasteiger partial charge in [-0.1, -0.05) is 0 Å². The van der Waals surface area contributed by atoms with Crippen LogP contribution < -0.4 is 9.03 Å². The van der Waals surface area contributed by atoms with Gasteiger partial charge in [-0.05, 0) is 26.7 Å². The summed E-state index contributed by atoms with van der Waals surface area (Å²) in [6.07, 6.45) is 0.323. The topological polar surface area (TPSA) is 107 Å². The number of phenolic OH excluding ortho intramolecular Hbond substituents is 2. The van der Waals surface area contributed by atoms with Crippen molar-refractivity contribution < 1.29 is 27.8 Å². The Bertz CT molecular complexity index is 761. The van der Waals surface area contributed by atoms with Crippen LogP contribution in [-0.2, 0) is 21.4 Å². The summed E-state index contributed by atoms with van der Waals surface area (Å²) < 4.78 is 40.4. The van der Waals surface area contributed by atoms with Crippen molar-refractivity contribution in [2.45, 2.75) is 31.6 Å². The number of carbonyl (C=O) groups excluding carboxylic acids is 1. The number of nitrogens with zero attached hydrogens (tertiary/aromatic N) is 1. The first-order valence-electron chi connectivity index (χ1n) is 6.68. The molecule has 1 heterocycles. The first-order chi connectivity index (χ1) is 10.4. The maximum atomic E-state index is 14.7. The number of halogens is 2. The first-order valence-corrected chi connectivity index (χ1v) is 8.50. The number of carbonyl (C=O) groups is 1. The quantitative estimate of drug-likeness (QED) is 0.698. The maximum absolute atomic E-state index is 14.7. The van der Waals surface area contributed by atoms with Gasteiger partial charge in [0.15, 0.2) is 5.82 Å². The van der Waals surface area contributed by atoms with Crippen molar-refractivity contribution in [3.05, 3.63) is 17.4 Å². The second-order valence-electron chi connectivity index (χ2n) is 5.81. The minimum atomic E-state index is -4.28. The van der Waals surface area contributed by atoms with E-state index in [2.05, 4.69) is 0 Å². The largest absolute Gasteiger partial charge is 0.507 e. The molecule has 1 fully saturated rings. The van der Waals surface area contributed by atoms with E-state index in [1.165, 1.54) is 0 Å². The third-order valence-corrected chi connectivity index (χ3v) is 4.90. The summed E-state index contributed by atoms with van der Waals surface area (Å²) in [5.74, 6) is -3.25. The molecule has 1 aliphatic heterocycles. The number of hydrogen-bond acceptors (Lipinski definition) is 5. The van der Waals surface area contributed by atoms with E-state index in [9.17, 15) is 27.8 Å². The second kappa shape index (κ2) is 5.72. The van der Waals surface area contributed by atoms with E-state index in [0.29, 0.717) is 10.7 Å². The van der Waals surface area contributed by atoms with Crippen LogP contribution in [0.5, 0.6) is 11.5 Å². The molecule has 0 spiro atoms. The molecule has 0 bridgehead atoms. The number of nitrogens with one attached hydrogen (secondary N) is 1. The second-order valence-corrected chi connectivity index (χ2v) is 8.43. The van der Waals surface area contributed by atoms with Crippen LogP contribution >= 0.6 is 11.6 Å². The van der Waals surface area contributed by atoms with Gasteiger partial charge >= 0.3 is 10.2 Å². The molecule has 1 amide bonds. The van der Waals surface area contributed by atoms with Crippen LogP contribution in [0.4, 0.5) is 10.1 Å². The number of anilines is 1. The molecule has 0 atom stereocenters. The Morgan fingerprint density at radius 2 is 2.00 bits per heavy atom. The fourth-order valence-corrected chi connectivity index (χ4v) is 3.45. The molecular weight excluding hydrogens is 351 g/mol. The van der Waals surface area contributed by atoms with Crippen LogP contribution in [-0.4, -0.2) is 36.0 Å². The van der Waals surface area contributed by atoms with Crippen molar-refractivity contribution >= 4 is 33.4 Å². The molecule has 1 aliphatic rings. The predicted octanol–water partition coefficient (Wildman–Crippen LogP) is 1.37. The monoisotopic (exact) mass is 366 g/mol. The lowest BCUT2D eigenvalue weighted by Gasteiger charge is -2.21. The average molecular weight is 367 g/mol. The summed E-state index contributed by atoms with van der Waals surface area (Å²) in [5, 5.41) is 19.7. The molecule has 0 aliphatic carbocycles. The Kier molecular flexibility index (Phi) is 4.38. The minimum absolute atomic E-state index is 0.0245. The molecule has 0 aromatic heterocycles. The molecule has 1 saturated heterocycles. The number of alkyl halides is 1. The Hall–Kier alpha value is -1.74. The Morgan fingerprint density at radius 3 is 2.48 bits per heavy atom. The van der Waals surface area contributed by atoms with E-state index < -0.39 is 50.5 Å². The lowest BCUT2D eigenvalue weighted by Crippen LogP contribution is -2.30. The highest BCUT2D eigenvalue weighted by atomic mass is 35.5. The summed E-state index contributed by atoms with van der Waals surface area (Å²) in [5.41, 5.74) is -0.857. The van der Waals surface area contributed by atoms with Crippen LogP contribution in [0.25, 0.3) is 0 Å². The molecule has 1 aromatic carbocycles. The van der Waals surface area contributed by atoms with Crippen molar-refractivity contribution in [2.75, 3.05) is 10.8 Å². The van der Waals surface area contributed by atoms with E-state index in [1.54, 1.807) is 18.6 Å². The van der Waals surface area contributed by atoms with Crippen molar-refractivity contribution in [2.24, 2.45) is 0 Å². The molecule has 2 rings (SSSR count). The van der Waals surface area contributed by atoms with Crippen LogP contribution in [0.2, 0.25) is 0 Å². The standard InChI is InChI=1S/C13H16ClFN2O5S/c1-13(2,14)4-3-7-8(18)5-9(19)12(11(7)15)17-6-10(20)16-23(17,21)22/h5,18-19H,3-4,6H2,1-2H3,(H,16,20). The van der Waals surface area contributed by atoms with Crippen molar-refractivity contribution in [3.8, 4) is 11.5 Å². The van der Waals surface area contributed by atoms with E-state index in [0.717, 1.165) is 6.07 Å². The minimum Gasteiger partial charge on any atom is -0.507 e. The highest BCUT2D eigenvalue weighted by molar-refractivity contribution is 7.92. The van der Waals surface area contributed by atoms with Gasteiger partial charge in [-0.25, -0.2) is 13.4 Å². The van der Waals surface area contributed by atoms with Gasteiger partial charge in [0.25, 0.3) is 5.91 Å². The SMILES string of the molecule is CC(C)(Cl)CCc1c(O)cc(O)c(N2CC(=O)NS2(=O)=O)c1F. The molecular formula is C13H16ClFN2O5S. The molecule has 128 valence electrons. The van der Waals surface area contributed by atoms with Crippen molar-refractivity contribution in [1.29, 1.82) is 0 Å². The summed E-state index contributed by atoms with van der Waals surface area (Å²) in [4.78, 5) is 10.6. The number of benzene rings is 1. The summed E-state index contributed by atoms with van der Waals surface area (Å²) in [6, 6.07) is 0.841. The van der Waals surface area contributed by atoms with Gasteiger partial charge in [0.1, 0.15) is 23.7 Å². The summed E-state index contributed by atoms with van der Waals surface area (Å²) >= 11 is 6.04. The summed E-state index contributed by atoms with van der Waals surface area (Å²) in [7, 11) is -4.28. The van der Waals surface area contributed by atoms with E-state index >= 15 is 0 Å². The fourth-order valence-electron chi connectivity index (χ4n) is 2.20. The maximum Gasteiger partial charge on any atom is 0.326 e. The zero-order chi connectivity index (χ0) is 17.6. The van der Waals surface area contributed by atoms with Gasteiger partial charge < -0.3 is 10.2 Å². The lowest BCUT2D eigenvalue weighted by molar-refractivity contribution is -0.117. The first kappa shape index (κ1) is 17.6. The summed E-state index contributed by atoms with van der Waals surface area (Å²) in [6.45, 7) is 2.76.